The Bertz CT molecular complexity index is 786. The van der Waals surface area contributed by atoms with E-state index in [0.29, 0.717) is 36.8 Å². The molecule has 3 rings (SSSR count). The molecule has 3 N–H and O–H groups in total. The number of aliphatic hydroxyl groups excluding tert-OH is 1. The van der Waals surface area contributed by atoms with Crippen LogP contribution in [0.3, 0.4) is 0 Å². The zero-order valence-electron chi connectivity index (χ0n) is 14.1. The number of aldehydes is 1. The van der Waals surface area contributed by atoms with Gasteiger partial charge in [0.2, 0.25) is 0 Å². The molecule has 2 heterocycles. The van der Waals surface area contributed by atoms with Gasteiger partial charge in [0.05, 0.1) is 23.8 Å². The van der Waals surface area contributed by atoms with Gasteiger partial charge in [0, 0.05) is 24.9 Å². The van der Waals surface area contributed by atoms with Crippen LogP contribution < -0.4 is 0 Å². The minimum Gasteiger partial charge on any atom is -0.507 e. The summed E-state index contributed by atoms with van der Waals surface area (Å²) < 4.78 is 0. The van der Waals surface area contributed by atoms with Crippen LogP contribution in [0.2, 0.25) is 0 Å². The topological polar surface area (TPSA) is 111 Å². The van der Waals surface area contributed by atoms with Crippen LogP contribution in [-0.4, -0.2) is 56.6 Å². The fourth-order valence-corrected chi connectivity index (χ4v) is 3.56. The zero-order chi connectivity index (χ0) is 18.7. The summed E-state index contributed by atoms with van der Waals surface area (Å²) in [6, 6.07) is 5.67. The fraction of sp³-hybridized carbons (Fsp3) is 0.316. The van der Waals surface area contributed by atoms with Crippen molar-refractivity contribution in [2.24, 2.45) is 0 Å². The lowest BCUT2D eigenvalue weighted by molar-refractivity contribution is 0.0442. The zero-order valence-corrected chi connectivity index (χ0v) is 14.1. The number of aliphatic hydroxyl groups is 1. The van der Waals surface area contributed by atoms with Gasteiger partial charge in [-0.2, -0.15) is 0 Å². The predicted octanol–water partition coefficient (Wildman–Crippen LogP) is 1.69. The van der Waals surface area contributed by atoms with Crippen molar-refractivity contribution in [3.05, 3.63) is 53.3 Å². The third-order valence-electron chi connectivity index (χ3n) is 4.84. The SMILES string of the molecule is O=Cc1c(O)cc(C2CCCN(C(=O)c3cccnc3)[C@@H]2CO)cc1O. The van der Waals surface area contributed by atoms with Crippen molar-refractivity contribution in [3.8, 4) is 11.5 Å². The van der Waals surface area contributed by atoms with E-state index in [-0.39, 0.29) is 35.5 Å². The van der Waals surface area contributed by atoms with Gasteiger partial charge in [-0.1, -0.05) is 0 Å². The Morgan fingerprint density at radius 2 is 2.04 bits per heavy atom. The molecule has 1 aliphatic rings. The Morgan fingerprint density at radius 1 is 1.31 bits per heavy atom. The molecule has 2 atom stereocenters. The first-order chi connectivity index (χ1) is 12.6. The summed E-state index contributed by atoms with van der Waals surface area (Å²) in [5.41, 5.74) is 0.843. The maximum absolute atomic E-state index is 12.8. The highest BCUT2D eigenvalue weighted by molar-refractivity contribution is 5.94. The number of nitrogens with zero attached hydrogens (tertiary/aromatic N) is 2. The number of piperidine rings is 1. The van der Waals surface area contributed by atoms with Crippen LogP contribution in [-0.2, 0) is 0 Å². The van der Waals surface area contributed by atoms with E-state index in [1.807, 2.05) is 0 Å². The lowest BCUT2D eigenvalue weighted by Gasteiger charge is -2.40. The molecule has 0 saturated carbocycles. The molecular weight excluding hydrogens is 336 g/mol. The number of hydrogen-bond donors (Lipinski definition) is 3. The second-order valence-corrected chi connectivity index (χ2v) is 6.33. The Kier molecular flexibility index (Phi) is 5.18. The van der Waals surface area contributed by atoms with E-state index in [2.05, 4.69) is 4.98 Å². The third-order valence-corrected chi connectivity index (χ3v) is 4.84. The summed E-state index contributed by atoms with van der Waals surface area (Å²) in [5, 5.41) is 29.9. The Balaban J connectivity index is 1.93. The number of likely N-dealkylation sites (tertiary alicyclic amines) is 1. The molecule has 7 heteroatoms. The summed E-state index contributed by atoms with van der Waals surface area (Å²) in [4.78, 5) is 29.3. The molecule has 1 aliphatic heterocycles. The number of rotatable bonds is 4. The number of aromatic hydroxyl groups is 2. The minimum absolute atomic E-state index is 0.173. The van der Waals surface area contributed by atoms with Crippen molar-refractivity contribution in [2.75, 3.05) is 13.2 Å². The molecule has 1 fully saturated rings. The molecule has 26 heavy (non-hydrogen) atoms. The van der Waals surface area contributed by atoms with Crippen molar-refractivity contribution in [2.45, 2.75) is 24.8 Å². The second kappa shape index (κ2) is 7.53. The molecular formula is C19H20N2O5. The number of carbonyl (C=O) groups excluding carboxylic acids is 2. The van der Waals surface area contributed by atoms with E-state index in [1.54, 1.807) is 23.2 Å². The molecule has 1 unspecified atom stereocenters. The normalized spacial score (nSPS) is 20.0. The first-order valence-electron chi connectivity index (χ1n) is 8.39. The number of carbonyl (C=O) groups is 2. The van der Waals surface area contributed by atoms with E-state index in [0.717, 1.165) is 0 Å². The fourth-order valence-electron chi connectivity index (χ4n) is 3.56. The quantitative estimate of drug-likeness (QED) is 0.719. The molecule has 7 nitrogen and oxygen atoms in total. The summed E-state index contributed by atoms with van der Waals surface area (Å²) in [5.74, 6) is -1.13. The number of aromatic nitrogens is 1. The molecule has 0 radical (unpaired) electrons. The lowest BCUT2D eigenvalue weighted by Crippen LogP contribution is -2.49. The van der Waals surface area contributed by atoms with E-state index < -0.39 is 6.04 Å². The largest absolute Gasteiger partial charge is 0.507 e. The van der Waals surface area contributed by atoms with Gasteiger partial charge in [-0.25, -0.2) is 0 Å². The van der Waals surface area contributed by atoms with E-state index in [9.17, 15) is 24.9 Å². The van der Waals surface area contributed by atoms with Crippen LogP contribution in [0.5, 0.6) is 11.5 Å². The van der Waals surface area contributed by atoms with E-state index in [4.69, 9.17) is 0 Å². The smallest absolute Gasteiger partial charge is 0.255 e. The van der Waals surface area contributed by atoms with Crippen molar-refractivity contribution in [3.63, 3.8) is 0 Å². The van der Waals surface area contributed by atoms with Crippen molar-refractivity contribution >= 4 is 12.2 Å². The summed E-state index contributed by atoms with van der Waals surface area (Å²) in [6.45, 7) is 0.244. The Hall–Kier alpha value is -2.93. The number of phenols is 2. The summed E-state index contributed by atoms with van der Waals surface area (Å²) in [7, 11) is 0. The molecule has 1 aromatic carbocycles. The number of hydrogen-bond acceptors (Lipinski definition) is 6. The van der Waals surface area contributed by atoms with Crippen LogP contribution in [0.1, 0.15) is 45.0 Å². The van der Waals surface area contributed by atoms with Gasteiger partial charge in [0.15, 0.2) is 6.29 Å². The average Bonchev–Trinajstić information content (AvgIpc) is 2.67. The van der Waals surface area contributed by atoms with Gasteiger partial charge in [0.25, 0.3) is 5.91 Å². The molecule has 1 amide bonds. The molecule has 1 aromatic heterocycles. The van der Waals surface area contributed by atoms with Crippen LogP contribution in [0.25, 0.3) is 0 Å². The van der Waals surface area contributed by atoms with E-state index in [1.165, 1.54) is 18.3 Å². The summed E-state index contributed by atoms with van der Waals surface area (Å²) in [6.07, 6.45) is 4.85. The van der Waals surface area contributed by atoms with Crippen LogP contribution >= 0.6 is 0 Å². The molecule has 0 aliphatic carbocycles. The number of phenolic OH excluding ortho intramolecular Hbond substituents is 2. The highest BCUT2D eigenvalue weighted by Gasteiger charge is 2.35. The minimum atomic E-state index is -0.502. The van der Waals surface area contributed by atoms with Gasteiger partial charge < -0.3 is 20.2 Å². The maximum Gasteiger partial charge on any atom is 0.255 e. The molecule has 0 spiro atoms. The monoisotopic (exact) mass is 356 g/mol. The number of benzene rings is 1. The third kappa shape index (κ3) is 3.25. The van der Waals surface area contributed by atoms with Crippen LogP contribution in [0.4, 0.5) is 0 Å². The molecule has 136 valence electrons. The maximum atomic E-state index is 12.8. The van der Waals surface area contributed by atoms with Gasteiger partial charge in [-0.15, -0.1) is 0 Å². The lowest BCUT2D eigenvalue weighted by atomic mass is 9.83. The molecule has 0 bridgehead atoms. The van der Waals surface area contributed by atoms with E-state index >= 15 is 0 Å². The van der Waals surface area contributed by atoms with Gasteiger partial charge in [0.1, 0.15) is 11.5 Å². The van der Waals surface area contributed by atoms with Gasteiger partial charge in [-0.3, -0.25) is 14.6 Å². The number of amides is 1. The number of pyridine rings is 1. The first-order valence-corrected chi connectivity index (χ1v) is 8.39. The Morgan fingerprint density at radius 3 is 2.62 bits per heavy atom. The predicted molar refractivity (Wildman–Crippen MR) is 93.3 cm³/mol. The molecule has 2 aromatic rings. The van der Waals surface area contributed by atoms with Crippen LogP contribution in [0, 0.1) is 0 Å². The summed E-state index contributed by atoms with van der Waals surface area (Å²) >= 11 is 0. The van der Waals surface area contributed by atoms with Gasteiger partial charge >= 0.3 is 0 Å². The Labute approximate surface area is 150 Å². The first kappa shape index (κ1) is 17.9. The van der Waals surface area contributed by atoms with Gasteiger partial charge in [-0.05, 0) is 42.7 Å². The van der Waals surface area contributed by atoms with Crippen LogP contribution in [0.15, 0.2) is 36.7 Å². The van der Waals surface area contributed by atoms with Crippen molar-refractivity contribution in [1.29, 1.82) is 0 Å². The van der Waals surface area contributed by atoms with Crippen molar-refractivity contribution in [1.82, 2.24) is 9.88 Å². The highest BCUT2D eigenvalue weighted by Crippen LogP contribution is 2.38. The van der Waals surface area contributed by atoms with Crippen molar-refractivity contribution < 1.29 is 24.9 Å². The second-order valence-electron chi connectivity index (χ2n) is 6.33. The average molecular weight is 356 g/mol. The molecule has 1 saturated heterocycles. The highest BCUT2D eigenvalue weighted by atomic mass is 16.3. The standard InChI is InChI=1S/C19H20N2O5/c22-10-15-17(24)7-13(8-18(15)25)14-4-2-6-21(16(14)11-23)19(26)12-3-1-5-20-9-12/h1,3,5,7-10,14,16,23-25H,2,4,6,11H2/t14?,16-/m1/s1.